The van der Waals surface area contributed by atoms with Gasteiger partial charge in [0.15, 0.2) is 5.82 Å². The summed E-state index contributed by atoms with van der Waals surface area (Å²) >= 11 is 0. The van der Waals surface area contributed by atoms with Gasteiger partial charge in [0.25, 0.3) is 5.91 Å². The Bertz CT molecular complexity index is 1120. The first-order chi connectivity index (χ1) is 16.1. The molecule has 1 N–H and O–H groups in total. The minimum absolute atomic E-state index is 0.0621. The van der Waals surface area contributed by atoms with Gasteiger partial charge in [-0.2, -0.15) is 5.10 Å². The van der Waals surface area contributed by atoms with Crippen molar-refractivity contribution in [3.05, 3.63) is 66.4 Å². The van der Waals surface area contributed by atoms with E-state index in [0.29, 0.717) is 30.2 Å². The highest BCUT2D eigenvalue weighted by Crippen LogP contribution is 2.25. The van der Waals surface area contributed by atoms with Crippen LogP contribution < -0.4 is 5.32 Å². The van der Waals surface area contributed by atoms with Gasteiger partial charge in [-0.15, -0.1) is 0 Å². The van der Waals surface area contributed by atoms with Crippen LogP contribution in [-0.2, 0) is 4.79 Å². The van der Waals surface area contributed by atoms with Gasteiger partial charge in [-0.25, -0.2) is 9.07 Å². The molecule has 1 aliphatic carbocycles. The molecule has 3 aromatic rings. The molecule has 0 bridgehead atoms. The third-order valence-corrected chi connectivity index (χ3v) is 6.68. The van der Waals surface area contributed by atoms with Crippen LogP contribution in [0.15, 0.2) is 55.0 Å². The predicted octanol–water partition coefficient (Wildman–Crippen LogP) is 3.71. The highest BCUT2D eigenvalue weighted by atomic mass is 19.1. The van der Waals surface area contributed by atoms with Gasteiger partial charge in [-0.1, -0.05) is 12.8 Å². The fourth-order valence-electron chi connectivity index (χ4n) is 4.92. The van der Waals surface area contributed by atoms with E-state index in [-0.39, 0.29) is 29.6 Å². The summed E-state index contributed by atoms with van der Waals surface area (Å²) in [5.74, 6) is -0.0166. The van der Waals surface area contributed by atoms with Gasteiger partial charge in [0.1, 0.15) is 11.4 Å². The van der Waals surface area contributed by atoms with Gasteiger partial charge in [0, 0.05) is 31.5 Å². The highest BCUT2D eigenvalue weighted by Gasteiger charge is 2.32. The van der Waals surface area contributed by atoms with Crippen LogP contribution in [0.4, 0.5) is 4.39 Å². The van der Waals surface area contributed by atoms with Gasteiger partial charge >= 0.3 is 0 Å². The summed E-state index contributed by atoms with van der Waals surface area (Å²) in [6.45, 7) is 1.02. The van der Waals surface area contributed by atoms with Crippen molar-refractivity contribution in [2.75, 3.05) is 13.1 Å². The Morgan fingerprint density at radius 3 is 2.45 bits per heavy atom. The SMILES string of the molecule is O=C(NC1CCCC1)[C@@H]1CCCN(C(=O)c2cnn(-c3ccc(F)cc3)c2-n2cccc2)C1. The van der Waals surface area contributed by atoms with Gasteiger partial charge in [-0.05, 0) is 62.1 Å². The smallest absolute Gasteiger partial charge is 0.259 e. The van der Waals surface area contributed by atoms with Crippen molar-refractivity contribution in [2.24, 2.45) is 5.92 Å². The monoisotopic (exact) mass is 449 g/mol. The number of hydrogen-bond acceptors (Lipinski definition) is 3. The lowest BCUT2D eigenvalue weighted by molar-refractivity contribution is -0.127. The van der Waals surface area contributed by atoms with Crippen LogP contribution in [-0.4, -0.2) is 50.2 Å². The first kappa shape index (κ1) is 21.4. The molecular weight excluding hydrogens is 421 g/mol. The molecule has 8 heteroatoms. The van der Waals surface area contributed by atoms with Crippen LogP contribution in [0.5, 0.6) is 0 Å². The Balaban J connectivity index is 1.40. The fourth-order valence-corrected chi connectivity index (χ4v) is 4.92. The molecular formula is C25H28FN5O2. The minimum Gasteiger partial charge on any atom is -0.353 e. The number of nitrogens with one attached hydrogen (secondary N) is 1. The van der Waals surface area contributed by atoms with Crippen molar-refractivity contribution in [2.45, 2.75) is 44.6 Å². The summed E-state index contributed by atoms with van der Waals surface area (Å²) in [5, 5.41) is 7.64. The zero-order chi connectivity index (χ0) is 22.8. The van der Waals surface area contributed by atoms with E-state index in [9.17, 15) is 14.0 Å². The zero-order valence-electron chi connectivity index (χ0n) is 18.5. The molecule has 172 valence electrons. The molecule has 5 rings (SSSR count). The molecule has 2 aliphatic rings. The van der Waals surface area contributed by atoms with Gasteiger partial charge in [-0.3, -0.25) is 9.59 Å². The lowest BCUT2D eigenvalue weighted by Gasteiger charge is -2.32. The summed E-state index contributed by atoms with van der Waals surface area (Å²) in [6.07, 6.45) is 11.3. The molecule has 2 fully saturated rings. The summed E-state index contributed by atoms with van der Waals surface area (Å²) < 4.78 is 16.9. The van der Waals surface area contributed by atoms with Crippen LogP contribution in [0.3, 0.4) is 0 Å². The number of hydrogen-bond donors (Lipinski definition) is 1. The molecule has 1 saturated heterocycles. The van der Waals surface area contributed by atoms with Crippen molar-refractivity contribution in [3.8, 4) is 11.5 Å². The molecule has 1 aromatic carbocycles. The third-order valence-electron chi connectivity index (χ3n) is 6.68. The number of benzene rings is 1. The lowest BCUT2D eigenvalue weighted by atomic mass is 9.96. The zero-order valence-corrected chi connectivity index (χ0v) is 18.5. The van der Waals surface area contributed by atoms with Gasteiger partial charge in [0.05, 0.1) is 17.8 Å². The molecule has 0 unspecified atom stereocenters. The Morgan fingerprint density at radius 2 is 1.73 bits per heavy atom. The first-order valence-corrected chi connectivity index (χ1v) is 11.7. The Kier molecular flexibility index (Phi) is 5.98. The topological polar surface area (TPSA) is 72.2 Å². The maximum atomic E-state index is 13.6. The number of carbonyl (C=O) groups excluding carboxylic acids is 2. The number of nitrogens with zero attached hydrogens (tertiary/aromatic N) is 4. The van der Waals surface area contributed by atoms with Crippen LogP contribution in [0, 0.1) is 11.7 Å². The van der Waals surface area contributed by atoms with Crippen molar-refractivity contribution in [1.82, 2.24) is 24.6 Å². The maximum absolute atomic E-state index is 13.6. The molecule has 1 atom stereocenters. The van der Waals surface area contributed by atoms with Gasteiger partial charge in [0.2, 0.25) is 5.91 Å². The first-order valence-electron chi connectivity index (χ1n) is 11.7. The van der Waals surface area contributed by atoms with E-state index in [1.165, 1.54) is 25.0 Å². The second-order valence-corrected chi connectivity index (χ2v) is 8.94. The minimum atomic E-state index is -0.333. The Labute approximate surface area is 192 Å². The van der Waals surface area contributed by atoms with Crippen molar-refractivity contribution in [3.63, 3.8) is 0 Å². The summed E-state index contributed by atoms with van der Waals surface area (Å²) in [6, 6.07) is 10.0. The second-order valence-electron chi connectivity index (χ2n) is 8.94. The normalized spacial score (nSPS) is 19.1. The number of likely N-dealkylation sites (tertiary alicyclic amines) is 1. The number of rotatable bonds is 5. The van der Waals surface area contributed by atoms with Crippen molar-refractivity contribution in [1.29, 1.82) is 0 Å². The molecule has 2 amide bonds. The molecule has 2 aromatic heterocycles. The number of aromatic nitrogens is 3. The molecule has 1 aliphatic heterocycles. The molecule has 33 heavy (non-hydrogen) atoms. The van der Waals surface area contributed by atoms with Gasteiger partial charge < -0.3 is 14.8 Å². The van der Waals surface area contributed by atoms with E-state index in [2.05, 4.69) is 10.4 Å². The lowest BCUT2D eigenvalue weighted by Crippen LogP contribution is -2.47. The Hall–Kier alpha value is -3.42. The Morgan fingerprint density at radius 1 is 1.00 bits per heavy atom. The fraction of sp³-hybridized carbons (Fsp3) is 0.400. The average molecular weight is 450 g/mol. The van der Waals surface area contributed by atoms with E-state index in [1.807, 2.05) is 29.1 Å². The number of piperidine rings is 1. The largest absolute Gasteiger partial charge is 0.353 e. The van der Waals surface area contributed by atoms with Crippen LogP contribution in [0.1, 0.15) is 48.9 Å². The van der Waals surface area contributed by atoms with E-state index in [1.54, 1.807) is 27.9 Å². The maximum Gasteiger partial charge on any atom is 0.259 e. The van der Waals surface area contributed by atoms with Crippen LogP contribution in [0.2, 0.25) is 0 Å². The number of halogens is 1. The van der Waals surface area contributed by atoms with E-state index >= 15 is 0 Å². The second kappa shape index (κ2) is 9.21. The van der Waals surface area contributed by atoms with Crippen molar-refractivity contribution < 1.29 is 14.0 Å². The summed E-state index contributed by atoms with van der Waals surface area (Å²) in [7, 11) is 0. The average Bonchev–Trinajstić information content (AvgIpc) is 3.60. The predicted molar refractivity (Wildman–Crippen MR) is 122 cm³/mol. The molecule has 7 nitrogen and oxygen atoms in total. The molecule has 3 heterocycles. The molecule has 0 spiro atoms. The molecule has 0 radical (unpaired) electrons. The van der Waals surface area contributed by atoms with Crippen LogP contribution in [0.25, 0.3) is 11.5 Å². The quantitative estimate of drug-likeness (QED) is 0.645. The highest BCUT2D eigenvalue weighted by molar-refractivity contribution is 5.97. The number of amides is 2. The summed E-state index contributed by atoms with van der Waals surface area (Å²) in [4.78, 5) is 28.2. The standard InChI is InChI=1S/C25H28FN5O2/c26-19-9-11-21(12-10-19)31-24(29-13-3-4-14-29)22(16-27-31)25(33)30-15-5-6-18(17-30)23(32)28-20-7-1-2-8-20/h3-4,9-14,16,18,20H,1-2,5-8,15,17H2,(H,28,32)/t18-/m1/s1. The van der Waals surface area contributed by atoms with E-state index < -0.39 is 0 Å². The molecule has 1 saturated carbocycles. The summed E-state index contributed by atoms with van der Waals surface area (Å²) in [5.41, 5.74) is 1.11. The van der Waals surface area contributed by atoms with E-state index in [4.69, 9.17) is 0 Å². The number of carbonyl (C=O) groups is 2. The van der Waals surface area contributed by atoms with Crippen molar-refractivity contribution >= 4 is 11.8 Å². The third kappa shape index (κ3) is 4.42. The van der Waals surface area contributed by atoms with E-state index in [0.717, 1.165) is 25.7 Å². The van der Waals surface area contributed by atoms with Crippen LogP contribution >= 0.6 is 0 Å².